The van der Waals surface area contributed by atoms with Gasteiger partial charge in [0.25, 0.3) is 0 Å². The number of hydrogen-bond acceptors (Lipinski definition) is 4. The molecule has 3 rings (SSSR count). The average molecular weight is 348 g/mol. The number of rotatable bonds is 7. The lowest BCUT2D eigenvalue weighted by molar-refractivity contribution is 0.327. The number of nitrogens with zero attached hydrogens (tertiary/aromatic N) is 2. The van der Waals surface area contributed by atoms with Gasteiger partial charge < -0.3 is 20.5 Å². The highest BCUT2D eigenvalue weighted by Crippen LogP contribution is 2.23. The molecule has 0 amide bonds. The summed E-state index contributed by atoms with van der Waals surface area (Å²) < 4.78 is 11.3. The first kappa shape index (κ1) is 17.3. The van der Waals surface area contributed by atoms with E-state index in [1.165, 1.54) is 0 Å². The standard InChI is InChI=1S/C20H20N4O2/c21-20(23-12-13-25-19-10-5-11-22-15-19)24-16-6-4-9-18(14-16)26-17-7-2-1-3-8-17/h1-11,14-15H,12-13H2,(H3,21,23,24). The van der Waals surface area contributed by atoms with E-state index in [-0.39, 0.29) is 0 Å². The molecule has 0 aliphatic heterocycles. The molecule has 6 nitrogen and oxygen atoms in total. The Labute approximate surface area is 152 Å². The summed E-state index contributed by atoms with van der Waals surface area (Å²) in [4.78, 5) is 8.23. The molecule has 0 atom stereocenters. The van der Waals surface area contributed by atoms with Crippen molar-refractivity contribution in [2.75, 3.05) is 18.5 Å². The number of pyridine rings is 1. The molecule has 2 aromatic carbocycles. The maximum atomic E-state index is 5.92. The minimum Gasteiger partial charge on any atom is -0.490 e. The van der Waals surface area contributed by atoms with Gasteiger partial charge in [0.1, 0.15) is 23.9 Å². The van der Waals surface area contributed by atoms with Crippen LogP contribution in [0.25, 0.3) is 0 Å². The maximum Gasteiger partial charge on any atom is 0.193 e. The smallest absolute Gasteiger partial charge is 0.193 e. The fraction of sp³-hybridized carbons (Fsp3) is 0.100. The highest BCUT2D eigenvalue weighted by atomic mass is 16.5. The Morgan fingerprint density at radius 3 is 2.58 bits per heavy atom. The Kier molecular flexibility index (Phi) is 6.04. The van der Waals surface area contributed by atoms with Crippen molar-refractivity contribution < 1.29 is 9.47 Å². The van der Waals surface area contributed by atoms with Crippen LogP contribution in [0.15, 0.2) is 84.1 Å². The largest absolute Gasteiger partial charge is 0.490 e. The van der Waals surface area contributed by atoms with Crippen molar-refractivity contribution >= 4 is 11.6 Å². The number of aliphatic imine (C=N–C) groups is 1. The van der Waals surface area contributed by atoms with Crippen molar-refractivity contribution in [2.24, 2.45) is 10.7 Å². The Hall–Kier alpha value is -3.54. The van der Waals surface area contributed by atoms with Gasteiger partial charge in [0.2, 0.25) is 0 Å². The zero-order chi connectivity index (χ0) is 18.0. The maximum absolute atomic E-state index is 5.92. The normalized spacial score (nSPS) is 11.0. The van der Waals surface area contributed by atoms with Crippen LogP contribution in [-0.2, 0) is 0 Å². The molecule has 1 heterocycles. The van der Waals surface area contributed by atoms with E-state index in [0.29, 0.717) is 30.6 Å². The molecule has 0 bridgehead atoms. The van der Waals surface area contributed by atoms with Gasteiger partial charge in [0.15, 0.2) is 5.96 Å². The van der Waals surface area contributed by atoms with Crippen LogP contribution < -0.4 is 20.5 Å². The van der Waals surface area contributed by atoms with E-state index >= 15 is 0 Å². The third kappa shape index (κ3) is 5.52. The zero-order valence-electron chi connectivity index (χ0n) is 14.2. The number of aromatic nitrogens is 1. The Morgan fingerprint density at radius 1 is 0.962 bits per heavy atom. The van der Waals surface area contributed by atoms with Gasteiger partial charge in [0.05, 0.1) is 12.7 Å². The Balaban J connectivity index is 1.50. The number of benzene rings is 2. The lowest BCUT2D eigenvalue weighted by atomic mass is 10.3. The lowest BCUT2D eigenvalue weighted by Crippen LogP contribution is -2.23. The molecule has 0 saturated heterocycles. The minimum absolute atomic E-state index is 0.316. The molecule has 1 aromatic heterocycles. The quantitative estimate of drug-likeness (QED) is 0.387. The van der Waals surface area contributed by atoms with Crippen molar-refractivity contribution in [1.82, 2.24) is 4.98 Å². The van der Waals surface area contributed by atoms with Gasteiger partial charge in [-0.1, -0.05) is 24.3 Å². The fourth-order valence-electron chi connectivity index (χ4n) is 2.21. The van der Waals surface area contributed by atoms with E-state index in [2.05, 4.69) is 15.3 Å². The molecule has 0 fully saturated rings. The topological polar surface area (TPSA) is 81.8 Å². The minimum atomic E-state index is 0.316. The summed E-state index contributed by atoms with van der Waals surface area (Å²) in [5.74, 6) is 2.52. The molecule has 3 aromatic rings. The van der Waals surface area contributed by atoms with Crippen molar-refractivity contribution in [3.05, 3.63) is 79.1 Å². The second-order valence-corrected chi connectivity index (χ2v) is 5.37. The molecule has 26 heavy (non-hydrogen) atoms. The van der Waals surface area contributed by atoms with E-state index in [1.54, 1.807) is 12.4 Å². The molecule has 132 valence electrons. The summed E-state index contributed by atoms with van der Waals surface area (Å²) in [6.07, 6.45) is 3.35. The molecule has 0 aliphatic rings. The van der Waals surface area contributed by atoms with Gasteiger partial charge in [-0.15, -0.1) is 0 Å². The monoisotopic (exact) mass is 348 g/mol. The SMILES string of the molecule is NC(=NCCOc1cccnc1)Nc1cccc(Oc2ccccc2)c1. The molecule has 3 N–H and O–H groups in total. The van der Waals surface area contributed by atoms with Gasteiger partial charge >= 0.3 is 0 Å². The summed E-state index contributed by atoms with van der Waals surface area (Å²) in [5.41, 5.74) is 6.72. The second kappa shape index (κ2) is 9.08. The van der Waals surface area contributed by atoms with Gasteiger partial charge in [-0.25, -0.2) is 4.99 Å². The molecule has 0 saturated carbocycles. The van der Waals surface area contributed by atoms with Crippen LogP contribution in [0.4, 0.5) is 5.69 Å². The predicted molar refractivity (Wildman–Crippen MR) is 103 cm³/mol. The number of para-hydroxylation sites is 1. The summed E-state index contributed by atoms with van der Waals surface area (Å²) in [6, 6.07) is 20.8. The number of ether oxygens (including phenoxy) is 2. The highest BCUT2D eigenvalue weighted by molar-refractivity contribution is 5.92. The summed E-state index contributed by atoms with van der Waals surface area (Å²) in [5, 5.41) is 3.05. The van der Waals surface area contributed by atoms with Gasteiger partial charge in [-0.2, -0.15) is 0 Å². The summed E-state index contributed by atoms with van der Waals surface area (Å²) in [6.45, 7) is 0.860. The number of hydrogen-bond donors (Lipinski definition) is 2. The van der Waals surface area contributed by atoms with Gasteiger partial charge in [-0.3, -0.25) is 4.98 Å². The van der Waals surface area contributed by atoms with Crippen molar-refractivity contribution in [1.29, 1.82) is 0 Å². The van der Waals surface area contributed by atoms with Crippen LogP contribution in [0, 0.1) is 0 Å². The van der Waals surface area contributed by atoms with E-state index in [0.717, 1.165) is 11.4 Å². The van der Waals surface area contributed by atoms with Crippen LogP contribution >= 0.6 is 0 Å². The van der Waals surface area contributed by atoms with Crippen molar-refractivity contribution in [3.63, 3.8) is 0 Å². The van der Waals surface area contributed by atoms with E-state index in [9.17, 15) is 0 Å². The van der Waals surface area contributed by atoms with E-state index in [4.69, 9.17) is 15.2 Å². The number of guanidine groups is 1. The van der Waals surface area contributed by atoms with Gasteiger partial charge in [0, 0.05) is 18.0 Å². The fourth-order valence-corrected chi connectivity index (χ4v) is 2.21. The Morgan fingerprint density at radius 2 is 1.77 bits per heavy atom. The molecule has 0 radical (unpaired) electrons. The first-order chi connectivity index (χ1) is 12.8. The van der Waals surface area contributed by atoms with Crippen molar-refractivity contribution in [2.45, 2.75) is 0 Å². The number of anilines is 1. The second-order valence-electron chi connectivity index (χ2n) is 5.37. The number of nitrogens with one attached hydrogen (secondary N) is 1. The first-order valence-electron chi connectivity index (χ1n) is 8.22. The van der Waals surface area contributed by atoms with E-state index in [1.807, 2.05) is 66.7 Å². The Bertz CT molecular complexity index is 839. The van der Waals surface area contributed by atoms with Crippen LogP contribution in [0.2, 0.25) is 0 Å². The van der Waals surface area contributed by atoms with Crippen LogP contribution in [0.5, 0.6) is 17.2 Å². The van der Waals surface area contributed by atoms with Crippen LogP contribution in [0.1, 0.15) is 0 Å². The average Bonchev–Trinajstić information content (AvgIpc) is 2.67. The summed E-state index contributed by atoms with van der Waals surface area (Å²) in [7, 11) is 0. The molecular formula is C20H20N4O2. The summed E-state index contributed by atoms with van der Waals surface area (Å²) >= 11 is 0. The molecule has 6 heteroatoms. The van der Waals surface area contributed by atoms with Gasteiger partial charge in [-0.05, 0) is 36.4 Å². The first-order valence-corrected chi connectivity index (χ1v) is 8.22. The molecule has 0 aliphatic carbocycles. The van der Waals surface area contributed by atoms with Crippen LogP contribution in [-0.4, -0.2) is 24.1 Å². The van der Waals surface area contributed by atoms with E-state index < -0.39 is 0 Å². The third-order valence-electron chi connectivity index (χ3n) is 3.36. The lowest BCUT2D eigenvalue weighted by Gasteiger charge is -2.09. The van der Waals surface area contributed by atoms with Crippen LogP contribution in [0.3, 0.4) is 0 Å². The molecule has 0 unspecified atom stereocenters. The highest BCUT2D eigenvalue weighted by Gasteiger charge is 2.00. The zero-order valence-corrected chi connectivity index (χ0v) is 14.2. The van der Waals surface area contributed by atoms with Crippen molar-refractivity contribution in [3.8, 4) is 17.2 Å². The number of nitrogens with two attached hydrogens (primary N) is 1. The predicted octanol–water partition coefficient (Wildman–Crippen LogP) is 3.68. The third-order valence-corrected chi connectivity index (χ3v) is 3.36. The molecule has 0 spiro atoms. The molecular weight excluding hydrogens is 328 g/mol.